The highest BCUT2D eigenvalue weighted by molar-refractivity contribution is 7.44. The standard InChI is InChI=1S/C62H72N5O8P/c1-39(2)67(40(3)4)76(73-35-21-32-63)72-34-20-12-11-19-33-64-58(70)45-26-27-46-51(36-45)62(75-59(46)71)52-37-49(43-22-15-13-16-23-43)54-47(28-30-60(7,8)65(54)41(5)68)56(52)74-57-48-29-31-61(9,10)66(42(6)69)55(48)50(38-53(57)62)44-24-17-14-18-25-44/h13-18,22-27,36-40H,11-12,19-21,28-31,33-35H2,1-10H3,(H,64,70). The Bertz CT molecular complexity index is 2950. The molecule has 13 nitrogen and oxygen atoms in total. The topological polar surface area (TPSA) is 151 Å². The molecule has 0 saturated carbocycles. The predicted molar refractivity (Wildman–Crippen MR) is 299 cm³/mol. The average Bonchev–Trinajstić information content (AvgIpc) is 3.89. The summed E-state index contributed by atoms with van der Waals surface area (Å²) in [6, 6.07) is 31.8. The number of fused-ring (bicyclic) bond motifs is 10. The molecule has 9 rings (SSSR count). The van der Waals surface area contributed by atoms with E-state index in [-0.39, 0.29) is 29.8 Å². The third kappa shape index (κ3) is 9.94. The highest BCUT2D eigenvalue weighted by atomic mass is 31.2. The van der Waals surface area contributed by atoms with Crippen molar-refractivity contribution in [3.63, 3.8) is 0 Å². The lowest BCUT2D eigenvalue weighted by atomic mass is 9.71. The Morgan fingerprint density at radius 3 is 1.71 bits per heavy atom. The third-order valence-corrected chi connectivity index (χ3v) is 17.5. The average molecular weight is 1050 g/mol. The minimum Gasteiger partial charge on any atom is -0.456 e. The summed E-state index contributed by atoms with van der Waals surface area (Å²) in [5, 5.41) is 12.2. The van der Waals surface area contributed by atoms with Gasteiger partial charge in [-0.05, 0) is 135 Å². The normalized spacial score (nSPS) is 16.8. The molecular formula is C62H72N5O8P. The molecule has 4 aliphatic rings. The van der Waals surface area contributed by atoms with E-state index in [0.29, 0.717) is 91.2 Å². The van der Waals surface area contributed by atoms with Crippen LogP contribution in [-0.2, 0) is 41.8 Å². The zero-order valence-corrected chi connectivity index (χ0v) is 46.7. The number of carbonyl (C=O) groups is 4. The van der Waals surface area contributed by atoms with Gasteiger partial charge in [-0.2, -0.15) is 5.26 Å². The molecule has 0 fully saturated rings. The maximum atomic E-state index is 14.8. The minimum absolute atomic E-state index is 0.107. The van der Waals surface area contributed by atoms with Gasteiger partial charge in [0, 0.05) is 88.1 Å². The fourth-order valence-electron chi connectivity index (χ4n) is 12.1. The third-order valence-electron chi connectivity index (χ3n) is 15.4. The number of nitrogens with one attached hydrogen (secondary N) is 1. The van der Waals surface area contributed by atoms with Gasteiger partial charge in [0.15, 0.2) is 5.60 Å². The Balaban J connectivity index is 1.13. The molecule has 1 unspecified atom stereocenters. The summed E-state index contributed by atoms with van der Waals surface area (Å²) in [6.45, 7) is 21.3. The summed E-state index contributed by atoms with van der Waals surface area (Å²) in [5.74, 6) is -0.0328. The first-order chi connectivity index (χ1) is 36.3. The van der Waals surface area contributed by atoms with E-state index < -0.39 is 31.2 Å². The fraction of sp³-hybridized carbons (Fsp3) is 0.435. The van der Waals surface area contributed by atoms with Gasteiger partial charge in [0.1, 0.15) is 11.5 Å². The van der Waals surface area contributed by atoms with E-state index in [4.69, 9.17) is 23.8 Å². The van der Waals surface area contributed by atoms with Crippen molar-refractivity contribution < 1.29 is 37.7 Å². The molecule has 398 valence electrons. The van der Waals surface area contributed by atoms with E-state index >= 15 is 0 Å². The van der Waals surface area contributed by atoms with Gasteiger partial charge >= 0.3 is 5.97 Å². The molecular weight excluding hydrogens is 974 g/mol. The SMILES string of the molecule is CC(=O)N1c2c(-c3ccccc3)cc3c(c2CCC1(C)C)Oc1c(cc(-c2ccccc2)c2c1CCC(C)(C)N2C(C)=O)C31OC(=O)c2ccc(C(=O)NCCCCCCOP(OCCC#N)N(C(C)C)C(C)C)cc21. The summed E-state index contributed by atoms with van der Waals surface area (Å²) in [6.07, 6.45) is 6.04. The number of benzene rings is 5. The van der Waals surface area contributed by atoms with Crippen LogP contribution < -0.4 is 19.9 Å². The molecule has 14 heteroatoms. The van der Waals surface area contributed by atoms with Crippen LogP contribution >= 0.6 is 8.53 Å². The number of hydrogen-bond acceptors (Lipinski definition) is 10. The van der Waals surface area contributed by atoms with Crippen LogP contribution in [0.4, 0.5) is 11.4 Å². The van der Waals surface area contributed by atoms with Crippen molar-refractivity contribution in [3.05, 3.63) is 130 Å². The number of unbranched alkanes of at least 4 members (excludes halogenated alkanes) is 3. The number of anilines is 2. The second-order valence-electron chi connectivity index (χ2n) is 22.3. The van der Waals surface area contributed by atoms with Crippen LogP contribution in [-0.4, -0.2) is 71.3 Å². The van der Waals surface area contributed by atoms with Gasteiger partial charge in [-0.3, -0.25) is 14.4 Å². The molecule has 1 spiro atoms. The van der Waals surface area contributed by atoms with E-state index in [1.54, 1.807) is 32.0 Å². The molecule has 0 aromatic heterocycles. The van der Waals surface area contributed by atoms with Crippen molar-refractivity contribution in [2.45, 2.75) is 156 Å². The Hall–Kier alpha value is -6.42. The zero-order valence-electron chi connectivity index (χ0n) is 45.8. The van der Waals surface area contributed by atoms with Crippen LogP contribution in [0.1, 0.15) is 163 Å². The molecule has 0 saturated heterocycles. The number of nitriles is 1. The highest BCUT2D eigenvalue weighted by Gasteiger charge is 2.57. The van der Waals surface area contributed by atoms with Crippen molar-refractivity contribution in [3.8, 4) is 39.8 Å². The van der Waals surface area contributed by atoms with Gasteiger partial charge in [-0.15, -0.1) is 0 Å². The van der Waals surface area contributed by atoms with E-state index in [1.807, 2.05) is 82.6 Å². The van der Waals surface area contributed by atoms with E-state index in [1.165, 1.54) is 0 Å². The maximum Gasteiger partial charge on any atom is 0.340 e. The van der Waals surface area contributed by atoms with Crippen LogP contribution in [0, 0.1) is 11.3 Å². The summed E-state index contributed by atoms with van der Waals surface area (Å²) in [7, 11) is -1.30. The number of esters is 1. The predicted octanol–water partition coefficient (Wildman–Crippen LogP) is 13.3. The summed E-state index contributed by atoms with van der Waals surface area (Å²) in [4.78, 5) is 60.9. The quantitative estimate of drug-likeness (QED) is 0.0541. The van der Waals surface area contributed by atoms with Crippen molar-refractivity contribution in [1.29, 1.82) is 5.26 Å². The summed E-state index contributed by atoms with van der Waals surface area (Å²) < 4.78 is 29.0. The highest BCUT2D eigenvalue weighted by Crippen LogP contribution is 2.64. The molecule has 0 radical (unpaired) electrons. The van der Waals surface area contributed by atoms with Crippen molar-refractivity contribution in [1.82, 2.24) is 9.99 Å². The molecule has 0 aliphatic carbocycles. The fourth-order valence-corrected chi connectivity index (χ4v) is 13.7. The number of rotatable bonds is 17. The number of ether oxygens (including phenoxy) is 2. The van der Waals surface area contributed by atoms with Crippen LogP contribution in [0.3, 0.4) is 0 Å². The van der Waals surface area contributed by atoms with E-state index in [9.17, 15) is 19.2 Å². The van der Waals surface area contributed by atoms with Crippen molar-refractivity contribution in [2.24, 2.45) is 0 Å². The van der Waals surface area contributed by atoms with Crippen molar-refractivity contribution in [2.75, 3.05) is 29.6 Å². The molecule has 4 aliphatic heterocycles. The van der Waals surface area contributed by atoms with Gasteiger partial charge in [0.2, 0.25) is 11.8 Å². The Morgan fingerprint density at radius 1 is 0.697 bits per heavy atom. The lowest BCUT2D eigenvalue weighted by Gasteiger charge is -2.48. The minimum atomic E-state index is -1.63. The first-order valence-corrected chi connectivity index (χ1v) is 28.1. The van der Waals surface area contributed by atoms with Gasteiger partial charge in [0.05, 0.1) is 42.6 Å². The lowest BCUT2D eigenvalue weighted by Crippen LogP contribution is -2.51. The van der Waals surface area contributed by atoms with Gasteiger partial charge < -0.3 is 33.6 Å². The Morgan fingerprint density at radius 2 is 1.21 bits per heavy atom. The molecule has 76 heavy (non-hydrogen) atoms. The van der Waals surface area contributed by atoms with Crippen LogP contribution in [0.25, 0.3) is 22.3 Å². The molecule has 0 bridgehead atoms. The zero-order chi connectivity index (χ0) is 54.3. The molecule has 1 atom stereocenters. The number of amides is 3. The van der Waals surface area contributed by atoms with Crippen LogP contribution in [0.15, 0.2) is 91.0 Å². The summed E-state index contributed by atoms with van der Waals surface area (Å²) in [5.41, 5.74) is 6.15. The monoisotopic (exact) mass is 1050 g/mol. The molecule has 5 aromatic rings. The second-order valence-corrected chi connectivity index (χ2v) is 23.8. The Kier molecular flexibility index (Phi) is 15.7. The van der Waals surface area contributed by atoms with Crippen molar-refractivity contribution >= 4 is 43.6 Å². The number of carbonyl (C=O) groups excluding carboxylic acids is 4. The molecule has 4 heterocycles. The van der Waals surface area contributed by atoms with Crippen LogP contribution in [0.5, 0.6) is 11.5 Å². The molecule has 1 N–H and O–H groups in total. The maximum absolute atomic E-state index is 14.8. The summed E-state index contributed by atoms with van der Waals surface area (Å²) >= 11 is 0. The second kappa shape index (κ2) is 21.9. The molecule has 3 amide bonds. The van der Waals surface area contributed by atoms with Gasteiger partial charge in [0.25, 0.3) is 14.4 Å². The number of nitrogens with zero attached hydrogens (tertiary/aromatic N) is 4. The smallest absolute Gasteiger partial charge is 0.340 e. The Labute approximate surface area is 449 Å². The lowest BCUT2D eigenvalue weighted by molar-refractivity contribution is -0.118. The first kappa shape index (κ1) is 54.4. The first-order valence-electron chi connectivity index (χ1n) is 27.0. The van der Waals surface area contributed by atoms with Gasteiger partial charge in [-0.25, -0.2) is 9.46 Å². The van der Waals surface area contributed by atoms with Crippen LogP contribution in [0.2, 0.25) is 0 Å². The van der Waals surface area contributed by atoms with E-state index in [0.717, 1.165) is 70.4 Å². The largest absolute Gasteiger partial charge is 0.456 e. The number of hydrogen-bond donors (Lipinski definition) is 1. The van der Waals surface area contributed by atoms with Gasteiger partial charge in [-0.1, -0.05) is 73.5 Å². The van der Waals surface area contributed by atoms with E-state index in [2.05, 4.69) is 71.4 Å². The molecule has 5 aromatic carbocycles.